The highest BCUT2D eigenvalue weighted by Gasteiger charge is 2.09. The van der Waals surface area contributed by atoms with Crippen LogP contribution in [0.2, 0.25) is 0 Å². The molecule has 0 spiro atoms. The van der Waals surface area contributed by atoms with Gasteiger partial charge >= 0.3 is 0 Å². The first kappa shape index (κ1) is 18.1. The highest BCUT2D eigenvalue weighted by Crippen LogP contribution is 2.17. The van der Waals surface area contributed by atoms with Crippen molar-refractivity contribution in [3.8, 4) is 5.75 Å². The fraction of sp³-hybridized carbons (Fsp3) is 0.0556. The van der Waals surface area contributed by atoms with E-state index in [9.17, 15) is 9.59 Å². The lowest BCUT2D eigenvalue weighted by molar-refractivity contribution is -0.118. The van der Waals surface area contributed by atoms with Crippen LogP contribution in [0.15, 0.2) is 64.6 Å². The number of ether oxygens (including phenoxy) is 1. The molecule has 2 aromatic carbocycles. The molecule has 0 aliphatic carbocycles. The van der Waals surface area contributed by atoms with Crippen molar-refractivity contribution in [3.05, 3.63) is 70.1 Å². The number of nitrogens with one attached hydrogen (secondary N) is 2. The smallest absolute Gasteiger partial charge is 0.262 e. The minimum absolute atomic E-state index is 0.103. The highest BCUT2D eigenvalue weighted by atomic mass is 79.9. The Morgan fingerprint density at radius 1 is 1.04 bits per heavy atom. The first-order valence-corrected chi connectivity index (χ1v) is 9.26. The molecule has 6 nitrogen and oxygen atoms in total. The summed E-state index contributed by atoms with van der Waals surface area (Å²) >= 11 is 4.68. The molecule has 0 aliphatic rings. The fourth-order valence-corrected chi connectivity index (χ4v) is 2.82. The first-order valence-electron chi connectivity index (χ1n) is 7.59. The number of hydrogen-bond donors (Lipinski definition) is 2. The van der Waals surface area contributed by atoms with Crippen LogP contribution in [0.3, 0.4) is 0 Å². The Labute approximate surface area is 162 Å². The van der Waals surface area contributed by atoms with Gasteiger partial charge in [-0.25, -0.2) is 4.98 Å². The molecule has 8 heteroatoms. The summed E-state index contributed by atoms with van der Waals surface area (Å²) in [6, 6.07) is 13.8. The van der Waals surface area contributed by atoms with Crippen LogP contribution in [0.1, 0.15) is 10.4 Å². The normalized spacial score (nSPS) is 10.2. The average molecular weight is 432 g/mol. The molecule has 2 N–H and O–H groups in total. The zero-order chi connectivity index (χ0) is 18.4. The van der Waals surface area contributed by atoms with Gasteiger partial charge in [0.05, 0.1) is 0 Å². The molecule has 26 heavy (non-hydrogen) atoms. The summed E-state index contributed by atoms with van der Waals surface area (Å²) in [6.45, 7) is -0.103. The van der Waals surface area contributed by atoms with E-state index >= 15 is 0 Å². The summed E-state index contributed by atoms with van der Waals surface area (Å²) in [5, 5.41) is 7.74. The molecular weight excluding hydrogens is 418 g/mol. The Morgan fingerprint density at radius 2 is 1.77 bits per heavy atom. The molecule has 0 aliphatic heterocycles. The number of thiazole rings is 1. The second-order valence-electron chi connectivity index (χ2n) is 5.16. The number of nitrogens with zero attached hydrogens (tertiary/aromatic N) is 1. The van der Waals surface area contributed by atoms with Gasteiger partial charge in [0.2, 0.25) is 0 Å². The van der Waals surface area contributed by atoms with Crippen LogP contribution < -0.4 is 15.4 Å². The maximum atomic E-state index is 12.1. The van der Waals surface area contributed by atoms with Crippen LogP contribution in [-0.4, -0.2) is 23.4 Å². The van der Waals surface area contributed by atoms with Crippen molar-refractivity contribution in [3.63, 3.8) is 0 Å². The number of anilines is 2. The van der Waals surface area contributed by atoms with Gasteiger partial charge in [-0.3, -0.25) is 14.9 Å². The Bertz CT molecular complexity index is 881. The van der Waals surface area contributed by atoms with Gasteiger partial charge in [0, 0.05) is 27.3 Å². The molecule has 0 atom stereocenters. The zero-order valence-corrected chi connectivity index (χ0v) is 15.8. The third kappa shape index (κ3) is 5.14. The van der Waals surface area contributed by atoms with Crippen molar-refractivity contribution in [1.29, 1.82) is 0 Å². The summed E-state index contributed by atoms with van der Waals surface area (Å²) < 4.78 is 6.35. The largest absolute Gasteiger partial charge is 0.484 e. The predicted octanol–water partition coefficient (Wildman–Crippen LogP) is 4.18. The molecule has 132 valence electrons. The number of carbonyl (C=O) groups is 2. The van der Waals surface area contributed by atoms with E-state index in [0.29, 0.717) is 22.1 Å². The van der Waals surface area contributed by atoms with E-state index in [1.54, 1.807) is 48.0 Å². The molecule has 0 fully saturated rings. The van der Waals surface area contributed by atoms with Gasteiger partial charge in [0.1, 0.15) is 5.75 Å². The summed E-state index contributed by atoms with van der Waals surface area (Å²) in [5.41, 5.74) is 1.06. The van der Waals surface area contributed by atoms with Crippen LogP contribution >= 0.6 is 27.3 Å². The molecule has 0 saturated carbocycles. The van der Waals surface area contributed by atoms with Crippen molar-refractivity contribution >= 4 is 49.9 Å². The monoisotopic (exact) mass is 431 g/mol. The summed E-state index contributed by atoms with van der Waals surface area (Å²) in [7, 11) is 0. The van der Waals surface area contributed by atoms with E-state index in [2.05, 4.69) is 31.5 Å². The summed E-state index contributed by atoms with van der Waals surface area (Å²) in [5.74, 6) is 0.0712. The van der Waals surface area contributed by atoms with Crippen LogP contribution in [0.4, 0.5) is 10.8 Å². The van der Waals surface area contributed by atoms with Gasteiger partial charge < -0.3 is 10.1 Å². The standard InChI is InChI=1S/C18H14BrN3O3S/c19-13-3-7-15(8-4-13)25-11-16(23)21-14-5-1-12(2-6-14)17(24)22-18-20-9-10-26-18/h1-10H,11H2,(H,21,23)(H,20,22,24). The van der Waals surface area contributed by atoms with Crippen molar-refractivity contribution in [2.45, 2.75) is 0 Å². The molecular formula is C18H14BrN3O3S. The molecule has 1 heterocycles. The number of carbonyl (C=O) groups excluding carboxylic acids is 2. The van der Waals surface area contributed by atoms with E-state index in [1.165, 1.54) is 11.3 Å². The lowest BCUT2D eigenvalue weighted by Crippen LogP contribution is -2.20. The summed E-state index contributed by atoms with van der Waals surface area (Å²) in [6.07, 6.45) is 1.62. The molecule has 1 aromatic heterocycles. The van der Waals surface area contributed by atoms with Crippen LogP contribution in [0, 0.1) is 0 Å². The average Bonchev–Trinajstić information content (AvgIpc) is 3.15. The lowest BCUT2D eigenvalue weighted by Gasteiger charge is -2.08. The fourth-order valence-electron chi connectivity index (χ4n) is 2.04. The van der Waals surface area contributed by atoms with Gasteiger partial charge in [0.15, 0.2) is 11.7 Å². The second-order valence-corrected chi connectivity index (χ2v) is 6.97. The number of rotatable bonds is 6. The third-order valence-electron chi connectivity index (χ3n) is 3.27. The van der Waals surface area contributed by atoms with Gasteiger partial charge in [0.25, 0.3) is 11.8 Å². The van der Waals surface area contributed by atoms with Gasteiger partial charge in [-0.1, -0.05) is 15.9 Å². The molecule has 0 unspecified atom stereocenters. The Morgan fingerprint density at radius 3 is 2.42 bits per heavy atom. The van der Waals surface area contributed by atoms with Crippen molar-refractivity contribution in [2.24, 2.45) is 0 Å². The van der Waals surface area contributed by atoms with E-state index in [1.807, 2.05) is 12.1 Å². The SMILES string of the molecule is O=C(COc1ccc(Br)cc1)Nc1ccc(C(=O)Nc2nccs2)cc1. The minimum Gasteiger partial charge on any atom is -0.484 e. The van der Waals surface area contributed by atoms with E-state index in [-0.39, 0.29) is 18.4 Å². The molecule has 2 amide bonds. The molecule has 3 aromatic rings. The van der Waals surface area contributed by atoms with Gasteiger partial charge in [-0.2, -0.15) is 0 Å². The van der Waals surface area contributed by atoms with Crippen LogP contribution in [0.25, 0.3) is 0 Å². The second kappa shape index (κ2) is 8.59. The Hall–Kier alpha value is -2.71. The quantitative estimate of drug-likeness (QED) is 0.613. The summed E-state index contributed by atoms with van der Waals surface area (Å²) in [4.78, 5) is 28.0. The minimum atomic E-state index is -0.284. The maximum Gasteiger partial charge on any atom is 0.262 e. The Balaban J connectivity index is 1.51. The molecule has 0 saturated heterocycles. The zero-order valence-electron chi connectivity index (χ0n) is 13.4. The maximum absolute atomic E-state index is 12.1. The van der Waals surface area contributed by atoms with E-state index in [0.717, 1.165) is 4.47 Å². The van der Waals surface area contributed by atoms with Crippen molar-refractivity contribution in [2.75, 3.05) is 17.2 Å². The first-order chi connectivity index (χ1) is 12.6. The Kier molecular flexibility index (Phi) is 5.98. The van der Waals surface area contributed by atoms with Crippen molar-refractivity contribution in [1.82, 2.24) is 4.98 Å². The molecule has 0 radical (unpaired) electrons. The van der Waals surface area contributed by atoms with E-state index < -0.39 is 0 Å². The number of hydrogen-bond acceptors (Lipinski definition) is 5. The van der Waals surface area contributed by atoms with Crippen LogP contribution in [0.5, 0.6) is 5.75 Å². The van der Waals surface area contributed by atoms with E-state index in [4.69, 9.17) is 4.74 Å². The number of benzene rings is 2. The lowest BCUT2D eigenvalue weighted by atomic mass is 10.2. The van der Waals surface area contributed by atoms with Gasteiger partial charge in [-0.15, -0.1) is 11.3 Å². The number of amides is 2. The number of aromatic nitrogens is 1. The van der Waals surface area contributed by atoms with Crippen LogP contribution in [-0.2, 0) is 4.79 Å². The molecule has 3 rings (SSSR count). The predicted molar refractivity (Wildman–Crippen MR) is 105 cm³/mol. The van der Waals surface area contributed by atoms with Crippen molar-refractivity contribution < 1.29 is 14.3 Å². The third-order valence-corrected chi connectivity index (χ3v) is 4.48. The van der Waals surface area contributed by atoms with Gasteiger partial charge in [-0.05, 0) is 48.5 Å². The number of halogens is 1. The highest BCUT2D eigenvalue weighted by molar-refractivity contribution is 9.10. The molecule has 0 bridgehead atoms. The topological polar surface area (TPSA) is 80.3 Å².